The highest BCUT2D eigenvalue weighted by Gasteiger charge is 2.33. The van der Waals surface area contributed by atoms with Crippen LogP contribution in [0.2, 0.25) is 0 Å². The summed E-state index contributed by atoms with van der Waals surface area (Å²) in [5.74, 6) is 0. The van der Waals surface area contributed by atoms with Crippen molar-refractivity contribution < 1.29 is 5.11 Å². The maximum absolute atomic E-state index is 10.7. The summed E-state index contributed by atoms with van der Waals surface area (Å²) in [6, 6.07) is 0. The van der Waals surface area contributed by atoms with Crippen molar-refractivity contribution in [1.29, 1.82) is 0 Å². The van der Waals surface area contributed by atoms with Crippen LogP contribution in [0.4, 0.5) is 0 Å². The molecule has 4 nitrogen and oxygen atoms in total. The summed E-state index contributed by atoms with van der Waals surface area (Å²) in [6.07, 6.45) is 8.72. The SMILES string of the molecule is CCCN1CCCC(O)(c2cnccn2)CC1. The molecule has 1 unspecified atom stereocenters. The quantitative estimate of drug-likeness (QED) is 0.863. The Balaban J connectivity index is 2.06. The van der Waals surface area contributed by atoms with Gasteiger partial charge < -0.3 is 10.0 Å². The highest BCUT2D eigenvalue weighted by atomic mass is 16.3. The number of hydrogen-bond acceptors (Lipinski definition) is 4. The van der Waals surface area contributed by atoms with Crippen molar-refractivity contribution in [2.75, 3.05) is 19.6 Å². The van der Waals surface area contributed by atoms with E-state index < -0.39 is 5.60 Å². The second-order valence-electron chi connectivity index (χ2n) is 4.82. The fraction of sp³-hybridized carbons (Fsp3) is 0.692. The van der Waals surface area contributed by atoms with E-state index in [1.165, 1.54) is 6.42 Å². The minimum absolute atomic E-state index is 0.721. The van der Waals surface area contributed by atoms with Crippen LogP contribution >= 0.6 is 0 Å². The van der Waals surface area contributed by atoms with Gasteiger partial charge in [-0.2, -0.15) is 0 Å². The first-order chi connectivity index (χ1) is 8.24. The van der Waals surface area contributed by atoms with Crippen molar-refractivity contribution in [2.24, 2.45) is 0 Å². The fourth-order valence-electron chi connectivity index (χ4n) is 2.51. The van der Waals surface area contributed by atoms with E-state index in [1.54, 1.807) is 18.6 Å². The monoisotopic (exact) mass is 235 g/mol. The molecular weight excluding hydrogens is 214 g/mol. The molecule has 0 aliphatic carbocycles. The largest absolute Gasteiger partial charge is 0.383 e. The number of hydrogen-bond donors (Lipinski definition) is 1. The normalized spacial score (nSPS) is 26.7. The lowest BCUT2D eigenvalue weighted by Gasteiger charge is -2.25. The Morgan fingerprint density at radius 3 is 2.94 bits per heavy atom. The molecule has 4 heteroatoms. The van der Waals surface area contributed by atoms with Gasteiger partial charge in [0.25, 0.3) is 0 Å². The Morgan fingerprint density at radius 1 is 1.35 bits per heavy atom. The number of aliphatic hydroxyl groups is 1. The molecule has 0 radical (unpaired) electrons. The molecule has 1 aromatic heterocycles. The van der Waals surface area contributed by atoms with Crippen LogP contribution in [0.5, 0.6) is 0 Å². The smallest absolute Gasteiger partial charge is 0.109 e. The van der Waals surface area contributed by atoms with Gasteiger partial charge in [-0.1, -0.05) is 6.92 Å². The minimum Gasteiger partial charge on any atom is -0.383 e. The first-order valence-corrected chi connectivity index (χ1v) is 6.46. The molecule has 0 saturated carbocycles. The summed E-state index contributed by atoms with van der Waals surface area (Å²) in [5.41, 5.74) is -0.0603. The van der Waals surface area contributed by atoms with E-state index in [-0.39, 0.29) is 0 Å². The number of likely N-dealkylation sites (tertiary alicyclic amines) is 1. The molecule has 17 heavy (non-hydrogen) atoms. The molecule has 0 aromatic carbocycles. The maximum atomic E-state index is 10.7. The van der Waals surface area contributed by atoms with Gasteiger partial charge in [0.2, 0.25) is 0 Å². The van der Waals surface area contributed by atoms with Crippen molar-refractivity contribution in [3.63, 3.8) is 0 Å². The Kier molecular flexibility index (Phi) is 4.07. The standard InChI is InChI=1S/C13H21N3O/c1-2-8-16-9-3-4-13(17,5-10-16)12-11-14-6-7-15-12/h6-7,11,17H,2-5,8-10H2,1H3. The molecule has 1 fully saturated rings. The summed E-state index contributed by atoms with van der Waals surface area (Å²) < 4.78 is 0. The lowest BCUT2D eigenvalue weighted by Crippen LogP contribution is -2.30. The van der Waals surface area contributed by atoms with Gasteiger partial charge in [-0.25, -0.2) is 0 Å². The molecule has 1 aliphatic heterocycles. The highest BCUT2D eigenvalue weighted by molar-refractivity contribution is 5.08. The first kappa shape index (κ1) is 12.5. The molecule has 94 valence electrons. The zero-order valence-corrected chi connectivity index (χ0v) is 10.5. The van der Waals surface area contributed by atoms with Gasteiger partial charge >= 0.3 is 0 Å². The summed E-state index contributed by atoms with van der Waals surface area (Å²) in [7, 11) is 0. The average Bonchev–Trinajstić information content (AvgIpc) is 2.55. The van der Waals surface area contributed by atoms with Gasteiger partial charge in [0.15, 0.2) is 0 Å². The van der Waals surface area contributed by atoms with Crippen LogP contribution in [0.3, 0.4) is 0 Å². The van der Waals surface area contributed by atoms with Crippen LogP contribution in [-0.2, 0) is 5.60 Å². The average molecular weight is 235 g/mol. The van der Waals surface area contributed by atoms with E-state index in [9.17, 15) is 5.11 Å². The molecule has 0 bridgehead atoms. The molecule has 0 amide bonds. The maximum Gasteiger partial charge on any atom is 0.109 e. The number of nitrogens with zero attached hydrogens (tertiary/aromatic N) is 3. The van der Waals surface area contributed by atoms with Gasteiger partial charge in [-0.05, 0) is 38.8 Å². The predicted molar refractivity (Wildman–Crippen MR) is 66.5 cm³/mol. The minimum atomic E-state index is -0.781. The lowest BCUT2D eigenvalue weighted by molar-refractivity contribution is 0.0166. The third-order valence-corrected chi connectivity index (χ3v) is 3.49. The Labute approximate surface area is 103 Å². The fourth-order valence-corrected chi connectivity index (χ4v) is 2.51. The van der Waals surface area contributed by atoms with E-state index in [2.05, 4.69) is 21.8 Å². The van der Waals surface area contributed by atoms with Crippen molar-refractivity contribution in [3.05, 3.63) is 24.3 Å². The third kappa shape index (κ3) is 3.01. The van der Waals surface area contributed by atoms with Crippen LogP contribution in [0.15, 0.2) is 18.6 Å². The molecule has 2 rings (SSSR count). The van der Waals surface area contributed by atoms with Crippen LogP contribution in [0, 0.1) is 0 Å². The van der Waals surface area contributed by atoms with Crippen molar-refractivity contribution in [1.82, 2.24) is 14.9 Å². The van der Waals surface area contributed by atoms with Gasteiger partial charge in [-0.15, -0.1) is 0 Å². The van der Waals surface area contributed by atoms with Crippen molar-refractivity contribution in [2.45, 2.75) is 38.2 Å². The predicted octanol–water partition coefficient (Wildman–Crippen LogP) is 1.56. The van der Waals surface area contributed by atoms with E-state index in [0.29, 0.717) is 0 Å². The molecule has 1 aliphatic rings. The van der Waals surface area contributed by atoms with Crippen molar-refractivity contribution >= 4 is 0 Å². The molecule has 1 N–H and O–H groups in total. The van der Waals surface area contributed by atoms with Crippen LogP contribution < -0.4 is 0 Å². The third-order valence-electron chi connectivity index (χ3n) is 3.49. The second-order valence-corrected chi connectivity index (χ2v) is 4.82. The molecular formula is C13H21N3O. The van der Waals surface area contributed by atoms with E-state index in [0.717, 1.165) is 44.6 Å². The van der Waals surface area contributed by atoms with Gasteiger partial charge in [-0.3, -0.25) is 9.97 Å². The summed E-state index contributed by atoms with van der Waals surface area (Å²) in [4.78, 5) is 10.7. The zero-order chi connectivity index (χ0) is 12.1. The second kappa shape index (κ2) is 5.56. The molecule has 1 saturated heterocycles. The van der Waals surface area contributed by atoms with Gasteiger partial charge in [0, 0.05) is 18.9 Å². The summed E-state index contributed by atoms with van der Waals surface area (Å²) in [5, 5.41) is 10.7. The van der Waals surface area contributed by atoms with Gasteiger partial charge in [0.1, 0.15) is 5.60 Å². The zero-order valence-electron chi connectivity index (χ0n) is 10.5. The summed E-state index contributed by atoms with van der Waals surface area (Å²) >= 11 is 0. The van der Waals surface area contributed by atoms with Crippen LogP contribution in [0.25, 0.3) is 0 Å². The molecule has 1 atom stereocenters. The topological polar surface area (TPSA) is 49.2 Å². The highest BCUT2D eigenvalue weighted by Crippen LogP contribution is 2.30. The Hall–Kier alpha value is -1.00. The molecule has 2 heterocycles. The van der Waals surface area contributed by atoms with E-state index in [4.69, 9.17) is 0 Å². The number of rotatable bonds is 3. The lowest BCUT2D eigenvalue weighted by atomic mass is 9.91. The van der Waals surface area contributed by atoms with E-state index in [1.807, 2.05) is 0 Å². The van der Waals surface area contributed by atoms with Gasteiger partial charge in [0.05, 0.1) is 11.9 Å². The Bertz CT molecular complexity index is 344. The number of aromatic nitrogens is 2. The van der Waals surface area contributed by atoms with E-state index >= 15 is 0 Å². The summed E-state index contributed by atoms with van der Waals surface area (Å²) in [6.45, 7) is 5.34. The molecule has 0 spiro atoms. The first-order valence-electron chi connectivity index (χ1n) is 6.46. The van der Waals surface area contributed by atoms with Crippen LogP contribution in [-0.4, -0.2) is 39.6 Å². The van der Waals surface area contributed by atoms with Crippen LogP contribution in [0.1, 0.15) is 38.3 Å². The molecule has 1 aromatic rings. The van der Waals surface area contributed by atoms with Crippen molar-refractivity contribution in [3.8, 4) is 0 Å². The Morgan fingerprint density at radius 2 is 2.24 bits per heavy atom.